The van der Waals surface area contributed by atoms with Crippen molar-refractivity contribution in [2.45, 2.75) is 19.6 Å². The molecule has 0 spiro atoms. The first-order valence-electron chi connectivity index (χ1n) is 8.69. The molecule has 4 nitrogen and oxygen atoms in total. The number of hydrogen-bond acceptors (Lipinski definition) is 4. The van der Waals surface area contributed by atoms with Crippen molar-refractivity contribution in [3.63, 3.8) is 0 Å². The Hall–Kier alpha value is -2.12. The van der Waals surface area contributed by atoms with Gasteiger partial charge in [0.25, 0.3) is 0 Å². The summed E-state index contributed by atoms with van der Waals surface area (Å²) < 4.78 is 43.1. The largest absolute Gasteiger partial charge is 0.439 e. The average Bonchev–Trinajstić information content (AvgIpc) is 2.64. The Morgan fingerprint density at radius 3 is 2.15 bits per heavy atom. The molecule has 1 aliphatic rings. The van der Waals surface area contributed by atoms with E-state index in [1.54, 1.807) is 0 Å². The summed E-state index contributed by atoms with van der Waals surface area (Å²) in [7, 11) is 0. The number of hydrogen-bond donors (Lipinski definition) is 0. The summed E-state index contributed by atoms with van der Waals surface area (Å²) in [5.74, 6) is 0.693. The van der Waals surface area contributed by atoms with Crippen molar-refractivity contribution in [1.82, 2.24) is 14.8 Å². The summed E-state index contributed by atoms with van der Waals surface area (Å²) in [5, 5.41) is 0. The monoisotopic (exact) mass is 365 g/mol. The molecule has 1 aliphatic heterocycles. The first kappa shape index (κ1) is 18.7. The van der Waals surface area contributed by atoms with Crippen LogP contribution in [0.25, 0.3) is 0 Å². The maximum Gasteiger partial charge on any atom is 0.417 e. The molecule has 0 atom stereocenters. The Kier molecular flexibility index (Phi) is 5.78. The number of alkyl halides is 3. The molecule has 1 saturated heterocycles. The number of aromatic nitrogens is 1. The van der Waals surface area contributed by atoms with E-state index in [0.717, 1.165) is 51.5 Å². The molecule has 3 rings (SSSR count). The fourth-order valence-corrected chi connectivity index (χ4v) is 2.91. The third kappa shape index (κ3) is 4.95. The van der Waals surface area contributed by atoms with Crippen LogP contribution in [-0.4, -0.2) is 47.5 Å². The number of rotatable bonds is 5. The molecular weight excluding hydrogens is 343 g/mol. The van der Waals surface area contributed by atoms with Crippen LogP contribution in [0.4, 0.5) is 13.2 Å². The van der Waals surface area contributed by atoms with Gasteiger partial charge >= 0.3 is 6.18 Å². The van der Waals surface area contributed by atoms with E-state index in [1.807, 2.05) is 24.3 Å². The Morgan fingerprint density at radius 1 is 0.962 bits per heavy atom. The van der Waals surface area contributed by atoms with Crippen LogP contribution >= 0.6 is 0 Å². The quantitative estimate of drug-likeness (QED) is 0.800. The second kappa shape index (κ2) is 8.05. The SMILES string of the molecule is CCN1CCN(Cc2ccc(Oc3ccc(C(F)(F)F)cn3)cc2)CC1. The van der Waals surface area contributed by atoms with Crippen LogP contribution in [0.5, 0.6) is 11.6 Å². The molecule has 0 N–H and O–H groups in total. The molecule has 2 aromatic rings. The van der Waals surface area contributed by atoms with Crippen LogP contribution < -0.4 is 4.74 Å². The van der Waals surface area contributed by atoms with E-state index >= 15 is 0 Å². The van der Waals surface area contributed by atoms with Crippen molar-refractivity contribution in [2.24, 2.45) is 0 Å². The molecule has 0 radical (unpaired) electrons. The first-order chi connectivity index (χ1) is 12.4. The van der Waals surface area contributed by atoms with E-state index in [9.17, 15) is 13.2 Å². The van der Waals surface area contributed by atoms with Crippen LogP contribution in [0.1, 0.15) is 18.1 Å². The van der Waals surface area contributed by atoms with Crippen molar-refractivity contribution >= 4 is 0 Å². The molecule has 7 heteroatoms. The van der Waals surface area contributed by atoms with Gasteiger partial charge in [-0.3, -0.25) is 4.90 Å². The Morgan fingerprint density at radius 2 is 1.62 bits per heavy atom. The molecule has 1 aromatic carbocycles. The second-order valence-corrected chi connectivity index (χ2v) is 6.34. The Balaban J connectivity index is 1.54. The van der Waals surface area contributed by atoms with Crippen LogP contribution in [0.2, 0.25) is 0 Å². The minimum atomic E-state index is -4.39. The van der Waals surface area contributed by atoms with Gasteiger partial charge < -0.3 is 9.64 Å². The van der Waals surface area contributed by atoms with E-state index in [1.165, 1.54) is 11.6 Å². The molecule has 0 amide bonds. The predicted octanol–water partition coefficient (Wildman–Crippen LogP) is 4.03. The summed E-state index contributed by atoms with van der Waals surface area (Å²) in [6.45, 7) is 8.46. The zero-order valence-electron chi connectivity index (χ0n) is 14.7. The normalized spacial score (nSPS) is 16.6. The molecular formula is C19H22F3N3O. The van der Waals surface area contributed by atoms with Gasteiger partial charge in [0.2, 0.25) is 5.88 Å². The Bertz CT molecular complexity index is 693. The van der Waals surface area contributed by atoms with Crippen LogP contribution in [0.15, 0.2) is 42.6 Å². The van der Waals surface area contributed by atoms with Gasteiger partial charge in [0.05, 0.1) is 5.56 Å². The zero-order valence-corrected chi connectivity index (χ0v) is 14.7. The first-order valence-corrected chi connectivity index (χ1v) is 8.69. The van der Waals surface area contributed by atoms with Crippen LogP contribution in [0.3, 0.4) is 0 Å². The number of pyridine rings is 1. The predicted molar refractivity (Wildman–Crippen MR) is 93.1 cm³/mol. The highest BCUT2D eigenvalue weighted by molar-refractivity contribution is 5.31. The third-order valence-corrected chi connectivity index (χ3v) is 4.53. The van der Waals surface area contributed by atoms with Gasteiger partial charge in [-0.2, -0.15) is 13.2 Å². The Labute approximate surface area is 151 Å². The van der Waals surface area contributed by atoms with E-state index in [2.05, 4.69) is 21.7 Å². The van der Waals surface area contributed by atoms with Gasteiger partial charge in [0.15, 0.2) is 0 Å². The molecule has 0 saturated carbocycles. The highest BCUT2D eigenvalue weighted by Gasteiger charge is 2.30. The van der Waals surface area contributed by atoms with E-state index in [-0.39, 0.29) is 5.88 Å². The molecule has 1 aromatic heterocycles. The minimum Gasteiger partial charge on any atom is -0.439 e. The van der Waals surface area contributed by atoms with Crippen molar-refractivity contribution in [1.29, 1.82) is 0 Å². The topological polar surface area (TPSA) is 28.6 Å². The number of nitrogens with zero attached hydrogens (tertiary/aromatic N) is 3. The molecule has 140 valence electrons. The highest BCUT2D eigenvalue weighted by Crippen LogP contribution is 2.30. The van der Waals surface area contributed by atoms with Crippen molar-refractivity contribution in [2.75, 3.05) is 32.7 Å². The lowest BCUT2D eigenvalue weighted by atomic mass is 10.2. The molecule has 26 heavy (non-hydrogen) atoms. The smallest absolute Gasteiger partial charge is 0.417 e. The minimum absolute atomic E-state index is 0.140. The third-order valence-electron chi connectivity index (χ3n) is 4.53. The fraction of sp³-hybridized carbons (Fsp3) is 0.421. The summed E-state index contributed by atoms with van der Waals surface area (Å²) >= 11 is 0. The molecule has 0 aliphatic carbocycles. The lowest BCUT2D eigenvalue weighted by Gasteiger charge is -2.34. The van der Waals surface area contributed by atoms with Crippen molar-refractivity contribution in [3.05, 3.63) is 53.7 Å². The molecule has 2 heterocycles. The van der Waals surface area contributed by atoms with E-state index in [0.29, 0.717) is 5.75 Å². The zero-order chi connectivity index (χ0) is 18.6. The van der Waals surface area contributed by atoms with Gasteiger partial charge in [0, 0.05) is 45.0 Å². The number of halogens is 3. The molecule has 0 unspecified atom stereocenters. The number of benzene rings is 1. The lowest BCUT2D eigenvalue weighted by Crippen LogP contribution is -2.45. The highest BCUT2D eigenvalue weighted by atomic mass is 19.4. The van der Waals surface area contributed by atoms with Gasteiger partial charge in [-0.25, -0.2) is 4.98 Å². The van der Waals surface area contributed by atoms with Gasteiger partial charge in [-0.05, 0) is 30.3 Å². The van der Waals surface area contributed by atoms with Crippen molar-refractivity contribution < 1.29 is 17.9 Å². The summed E-state index contributed by atoms with van der Waals surface area (Å²) in [6.07, 6.45) is -3.62. The maximum atomic E-state index is 12.5. The summed E-state index contributed by atoms with van der Waals surface area (Å²) in [5.41, 5.74) is 0.394. The lowest BCUT2D eigenvalue weighted by molar-refractivity contribution is -0.137. The maximum absolute atomic E-state index is 12.5. The van der Waals surface area contributed by atoms with Crippen LogP contribution in [-0.2, 0) is 12.7 Å². The molecule has 1 fully saturated rings. The van der Waals surface area contributed by atoms with Crippen LogP contribution in [0, 0.1) is 0 Å². The fourth-order valence-electron chi connectivity index (χ4n) is 2.91. The summed E-state index contributed by atoms with van der Waals surface area (Å²) in [6, 6.07) is 9.78. The number of ether oxygens (including phenoxy) is 1. The average molecular weight is 365 g/mol. The molecule has 0 bridgehead atoms. The van der Waals surface area contributed by atoms with Gasteiger partial charge in [0.1, 0.15) is 5.75 Å². The van der Waals surface area contributed by atoms with Gasteiger partial charge in [-0.15, -0.1) is 0 Å². The van der Waals surface area contributed by atoms with E-state index in [4.69, 9.17) is 4.74 Å². The van der Waals surface area contributed by atoms with E-state index < -0.39 is 11.7 Å². The number of piperazine rings is 1. The van der Waals surface area contributed by atoms with Crippen molar-refractivity contribution in [3.8, 4) is 11.6 Å². The van der Waals surface area contributed by atoms with Gasteiger partial charge in [-0.1, -0.05) is 19.1 Å². The standard InChI is InChI=1S/C19H22F3N3O/c1-2-24-9-11-25(12-10-24)14-15-3-6-17(7-4-15)26-18-8-5-16(13-23-18)19(20,21)22/h3-8,13H,2,9-12,14H2,1H3. The summed E-state index contributed by atoms with van der Waals surface area (Å²) in [4.78, 5) is 8.57. The second-order valence-electron chi connectivity index (χ2n) is 6.34. The number of likely N-dealkylation sites (N-methyl/N-ethyl adjacent to an activating group) is 1.